The Balaban J connectivity index is 2.06. The SMILES string of the molecule is Cc1csc2c(=O)n(Cc3cc(Cl)ccn3)cnc12. The molecule has 0 radical (unpaired) electrons. The van der Waals surface area contributed by atoms with E-state index in [0.29, 0.717) is 16.3 Å². The second-order valence-corrected chi connectivity index (χ2v) is 5.56. The van der Waals surface area contributed by atoms with Gasteiger partial charge in [-0.15, -0.1) is 11.3 Å². The zero-order chi connectivity index (χ0) is 13.4. The van der Waals surface area contributed by atoms with E-state index in [-0.39, 0.29) is 5.56 Å². The molecule has 0 aliphatic carbocycles. The molecule has 0 bridgehead atoms. The van der Waals surface area contributed by atoms with Gasteiger partial charge in [-0.1, -0.05) is 11.6 Å². The topological polar surface area (TPSA) is 47.8 Å². The Hall–Kier alpha value is -1.72. The Labute approximate surface area is 118 Å². The Morgan fingerprint density at radius 3 is 3.05 bits per heavy atom. The van der Waals surface area contributed by atoms with E-state index in [1.165, 1.54) is 11.3 Å². The van der Waals surface area contributed by atoms with Crippen LogP contribution in [0, 0.1) is 6.92 Å². The number of hydrogen-bond acceptors (Lipinski definition) is 4. The van der Waals surface area contributed by atoms with Crippen molar-refractivity contribution in [2.75, 3.05) is 0 Å². The number of halogens is 1. The van der Waals surface area contributed by atoms with Gasteiger partial charge < -0.3 is 0 Å². The van der Waals surface area contributed by atoms with Crippen molar-refractivity contribution in [1.29, 1.82) is 0 Å². The minimum atomic E-state index is -0.0372. The maximum Gasteiger partial charge on any atom is 0.271 e. The quantitative estimate of drug-likeness (QED) is 0.729. The zero-order valence-corrected chi connectivity index (χ0v) is 11.7. The van der Waals surface area contributed by atoms with E-state index in [4.69, 9.17) is 11.6 Å². The molecule has 0 amide bonds. The van der Waals surface area contributed by atoms with E-state index in [1.807, 2.05) is 12.3 Å². The second-order valence-electron chi connectivity index (χ2n) is 4.24. The lowest BCUT2D eigenvalue weighted by molar-refractivity contribution is 0.731. The lowest BCUT2D eigenvalue weighted by Gasteiger charge is -2.05. The van der Waals surface area contributed by atoms with Crippen molar-refractivity contribution in [3.8, 4) is 0 Å². The van der Waals surface area contributed by atoms with Crippen LogP contribution < -0.4 is 5.56 Å². The van der Waals surface area contributed by atoms with Crippen molar-refractivity contribution in [2.24, 2.45) is 0 Å². The van der Waals surface area contributed by atoms with Crippen molar-refractivity contribution < 1.29 is 0 Å². The van der Waals surface area contributed by atoms with Gasteiger partial charge in [-0.2, -0.15) is 0 Å². The molecule has 3 aromatic rings. The van der Waals surface area contributed by atoms with Crippen molar-refractivity contribution >= 4 is 33.2 Å². The summed E-state index contributed by atoms with van der Waals surface area (Å²) in [5.41, 5.74) is 2.52. The molecular weight excluding hydrogens is 282 g/mol. The Kier molecular flexibility index (Phi) is 3.08. The summed E-state index contributed by atoms with van der Waals surface area (Å²) < 4.78 is 2.23. The molecule has 0 unspecified atom stereocenters. The molecule has 0 aromatic carbocycles. The summed E-state index contributed by atoms with van der Waals surface area (Å²) in [6, 6.07) is 3.45. The fourth-order valence-electron chi connectivity index (χ4n) is 1.88. The monoisotopic (exact) mass is 291 g/mol. The molecule has 3 rings (SSSR count). The van der Waals surface area contributed by atoms with Gasteiger partial charge in [0, 0.05) is 11.2 Å². The third kappa shape index (κ3) is 2.27. The average molecular weight is 292 g/mol. The molecule has 0 fully saturated rings. The highest BCUT2D eigenvalue weighted by Crippen LogP contribution is 2.19. The maximum atomic E-state index is 12.3. The number of thiophene rings is 1. The van der Waals surface area contributed by atoms with Crippen LogP contribution in [-0.4, -0.2) is 14.5 Å². The van der Waals surface area contributed by atoms with Crippen LogP contribution in [0.2, 0.25) is 5.02 Å². The van der Waals surface area contributed by atoms with Gasteiger partial charge in [0.05, 0.1) is 24.1 Å². The van der Waals surface area contributed by atoms with Gasteiger partial charge in [0.2, 0.25) is 0 Å². The van der Waals surface area contributed by atoms with Crippen LogP contribution in [0.3, 0.4) is 0 Å². The van der Waals surface area contributed by atoms with E-state index in [0.717, 1.165) is 16.8 Å². The van der Waals surface area contributed by atoms with Crippen molar-refractivity contribution in [3.63, 3.8) is 0 Å². The van der Waals surface area contributed by atoms with E-state index < -0.39 is 0 Å². The smallest absolute Gasteiger partial charge is 0.271 e. The summed E-state index contributed by atoms with van der Waals surface area (Å²) in [5, 5.41) is 2.56. The van der Waals surface area contributed by atoms with Crippen molar-refractivity contribution in [1.82, 2.24) is 14.5 Å². The first-order valence-electron chi connectivity index (χ1n) is 5.69. The van der Waals surface area contributed by atoms with Gasteiger partial charge in [-0.25, -0.2) is 4.98 Å². The molecule has 4 nitrogen and oxygen atoms in total. The van der Waals surface area contributed by atoms with E-state index >= 15 is 0 Å². The van der Waals surface area contributed by atoms with Gasteiger partial charge in [-0.05, 0) is 30.0 Å². The summed E-state index contributed by atoms with van der Waals surface area (Å²) in [5.74, 6) is 0. The third-order valence-electron chi connectivity index (χ3n) is 2.83. The van der Waals surface area contributed by atoms with Crippen LogP contribution in [0.15, 0.2) is 34.8 Å². The summed E-state index contributed by atoms with van der Waals surface area (Å²) >= 11 is 7.33. The van der Waals surface area contributed by atoms with Crippen LogP contribution in [-0.2, 0) is 6.54 Å². The Morgan fingerprint density at radius 1 is 1.42 bits per heavy atom. The van der Waals surface area contributed by atoms with Gasteiger partial charge in [0.1, 0.15) is 4.70 Å². The van der Waals surface area contributed by atoms with Crippen LogP contribution >= 0.6 is 22.9 Å². The molecule has 0 saturated carbocycles. The number of hydrogen-bond donors (Lipinski definition) is 0. The van der Waals surface area contributed by atoms with Crippen molar-refractivity contribution in [3.05, 3.63) is 56.7 Å². The molecule has 0 saturated heterocycles. The Bertz CT molecular complexity index is 809. The minimum Gasteiger partial charge on any atom is -0.292 e. The lowest BCUT2D eigenvalue weighted by atomic mass is 10.3. The predicted molar refractivity (Wildman–Crippen MR) is 77.0 cm³/mol. The first-order valence-corrected chi connectivity index (χ1v) is 6.94. The first-order chi connectivity index (χ1) is 9.15. The first kappa shape index (κ1) is 12.3. The maximum absolute atomic E-state index is 12.3. The van der Waals surface area contributed by atoms with Crippen LogP contribution in [0.1, 0.15) is 11.3 Å². The molecule has 0 aliphatic heterocycles. The number of fused-ring (bicyclic) bond motifs is 1. The van der Waals surface area contributed by atoms with Crippen LogP contribution in [0.25, 0.3) is 10.2 Å². The van der Waals surface area contributed by atoms with Gasteiger partial charge in [-0.3, -0.25) is 14.3 Å². The van der Waals surface area contributed by atoms with E-state index in [2.05, 4.69) is 9.97 Å². The normalized spacial score (nSPS) is 11.1. The molecule has 0 atom stereocenters. The predicted octanol–water partition coefficient (Wildman–Crippen LogP) is 2.86. The van der Waals surface area contributed by atoms with E-state index in [1.54, 1.807) is 29.2 Å². The number of pyridine rings is 1. The molecule has 3 heterocycles. The summed E-state index contributed by atoms with van der Waals surface area (Å²) in [6.07, 6.45) is 3.19. The second kappa shape index (κ2) is 4.75. The van der Waals surface area contributed by atoms with Crippen molar-refractivity contribution in [2.45, 2.75) is 13.5 Å². The lowest BCUT2D eigenvalue weighted by Crippen LogP contribution is -2.20. The molecule has 6 heteroatoms. The average Bonchev–Trinajstić information content (AvgIpc) is 2.76. The number of nitrogens with zero attached hydrogens (tertiary/aromatic N) is 3. The van der Waals surface area contributed by atoms with Crippen LogP contribution in [0.4, 0.5) is 0 Å². The molecule has 0 aliphatic rings. The van der Waals surface area contributed by atoms with Gasteiger partial charge in [0.15, 0.2) is 0 Å². The third-order valence-corrected chi connectivity index (χ3v) is 4.14. The van der Waals surface area contributed by atoms with E-state index in [9.17, 15) is 4.79 Å². The van der Waals surface area contributed by atoms with Gasteiger partial charge in [0.25, 0.3) is 5.56 Å². The van der Waals surface area contributed by atoms with Crippen LogP contribution in [0.5, 0.6) is 0 Å². The highest BCUT2D eigenvalue weighted by atomic mass is 35.5. The minimum absolute atomic E-state index is 0.0372. The fraction of sp³-hybridized carbons (Fsp3) is 0.154. The fourth-order valence-corrected chi connectivity index (χ4v) is 3.01. The number of rotatable bonds is 2. The highest BCUT2D eigenvalue weighted by Gasteiger charge is 2.09. The largest absolute Gasteiger partial charge is 0.292 e. The van der Waals surface area contributed by atoms with Gasteiger partial charge >= 0.3 is 0 Å². The standard InChI is InChI=1S/C13H10ClN3OS/c1-8-6-19-12-11(8)16-7-17(13(12)18)5-10-4-9(14)2-3-15-10/h2-4,6-7H,5H2,1H3. The molecular formula is C13H10ClN3OS. The number of aryl methyl sites for hydroxylation is 1. The zero-order valence-electron chi connectivity index (χ0n) is 10.1. The molecule has 0 N–H and O–H groups in total. The highest BCUT2D eigenvalue weighted by molar-refractivity contribution is 7.17. The summed E-state index contributed by atoms with van der Waals surface area (Å²) in [6.45, 7) is 2.33. The molecule has 19 heavy (non-hydrogen) atoms. The molecule has 3 aromatic heterocycles. The molecule has 0 spiro atoms. The Morgan fingerprint density at radius 2 is 2.26 bits per heavy atom. The molecule has 96 valence electrons. The summed E-state index contributed by atoms with van der Waals surface area (Å²) in [4.78, 5) is 20.8. The summed E-state index contributed by atoms with van der Waals surface area (Å²) in [7, 11) is 0. The number of aromatic nitrogens is 3.